The Morgan fingerprint density at radius 1 is 1.47 bits per heavy atom. The van der Waals surface area contributed by atoms with Crippen molar-refractivity contribution in [1.82, 2.24) is 4.90 Å². The summed E-state index contributed by atoms with van der Waals surface area (Å²) >= 11 is 0. The molecule has 90 valence electrons. The number of hydrogen-bond acceptors (Lipinski definition) is 3. The summed E-state index contributed by atoms with van der Waals surface area (Å²) in [4.78, 5) is 24.1. The van der Waals surface area contributed by atoms with E-state index in [0.29, 0.717) is 18.7 Å². The fraction of sp³-hybridized carbons (Fsp3) is 0.333. The van der Waals surface area contributed by atoms with Crippen LogP contribution >= 0.6 is 0 Å². The molecule has 1 atom stereocenters. The van der Waals surface area contributed by atoms with Crippen LogP contribution in [0.1, 0.15) is 22.3 Å². The molecular formula is C12H14N2O3. The average molecular weight is 234 g/mol. The predicted octanol–water partition coefficient (Wildman–Crippen LogP) is 0.444. The van der Waals surface area contributed by atoms with Crippen LogP contribution in [0.5, 0.6) is 0 Å². The summed E-state index contributed by atoms with van der Waals surface area (Å²) in [7, 11) is 0. The van der Waals surface area contributed by atoms with Gasteiger partial charge in [0, 0.05) is 18.7 Å². The SMILES string of the molecule is NC(CCN1Cc2ccccc2C1=O)C(=O)O. The van der Waals surface area contributed by atoms with Crippen LogP contribution in [0.3, 0.4) is 0 Å². The highest BCUT2D eigenvalue weighted by atomic mass is 16.4. The van der Waals surface area contributed by atoms with Gasteiger partial charge in [-0.1, -0.05) is 18.2 Å². The minimum Gasteiger partial charge on any atom is -0.480 e. The van der Waals surface area contributed by atoms with Gasteiger partial charge in [0.1, 0.15) is 6.04 Å². The van der Waals surface area contributed by atoms with Crippen molar-refractivity contribution < 1.29 is 14.7 Å². The highest BCUT2D eigenvalue weighted by Crippen LogP contribution is 2.22. The minimum absolute atomic E-state index is 0.0433. The van der Waals surface area contributed by atoms with Crippen LogP contribution in [-0.4, -0.2) is 34.5 Å². The second-order valence-corrected chi connectivity index (χ2v) is 4.12. The zero-order valence-electron chi connectivity index (χ0n) is 9.30. The van der Waals surface area contributed by atoms with E-state index in [1.54, 1.807) is 11.0 Å². The number of carbonyl (C=O) groups excluding carboxylic acids is 1. The number of rotatable bonds is 4. The quantitative estimate of drug-likeness (QED) is 0.792. The zero-order valence-corrected chi connectivity index (χ0v) is 9.30. The van der Waals surface area contributed by atoms with Gasteiger partial charge < -0.3 is 15.7 Å². The first-order chi connectivity index (χ1) is 8.09. The number of carboxylic acid groups (broad SMARTS) is 1. The van der Waals surface area contributed by atoms with E-state index in [0.717, 1.165) is 5.56 Å². The number of aliphatic carboxylic acids is 1. The van der Waals surface area contributed by atoms with Crippen molar-refractivity contribution in [3.8, 4) is 0 Å². The van der Waals surface area contributed by atoms with Gasteiger partial charge in [0.2, 0.25) is 0 Å². The first kappa shape index (κ1) is 11.6. The van der Waals surface area contributed by atoms with E-state index in [1.165, 1.54) is 0 Å². The Morgan fingerprint density at radius 3 is 2.82 bits per heavy atom. The molecule has 1 aromatic rings. The molecule has 1 aromatic carbocycles. The van der Waals surface area contributed by atoms with Gasteiger partial charge in [-0.15, -0.1) is 0 Å². The van der Waals surface area contributed by atoms with Crippen molar-refractivity contribution in [3.05, 3.63) is 35.4 Å². The third kappa shape index (κ3) is 2.29. The van der Waals surface area contributed by atoms with Gasteiger partial charge >= 0.3 is 5.97 Å². The molecule has 5 nitrogen and oxygen atoms in total. The molecule has 1 heterocycles. The molecule has 1 unspecified atom stereocenters. The van der Waals surface area contributed by atoms with Crippen LogP contribution in [0.15, 0.2) is 24.3 Å². The van der Waals surface area contributed by atoms with Crippen LogP contribution in [0, 0.1) is 0 Å². The van der Waals surface area contributed by atoms with Crippen molar-refractivity contribution in [2.75, 3.05) is 6.54 Å². The number of benzene rings is 1. The number of hydrogen-bond donors (Lipinski definition) is 2. The van der Waals surface area contributed by atoms with Gasteiger partial charge in [-0.3, -0.25) is 9.59 Å². The molecule has 1 aliphatic rings. The topological polar surface area (TPSA) is 83.6 Å². The van der Waals surface area contributed by atoms with Crippen LogP contribution in [-0.2, 0) is 11.3 Å². The van der Waals surface area contributed by atoms with E-state index in [2.05, 4.69) is 0 Å². The molecule has 0 fully saturated rings. The Hall–Kier alpha value is -1.88. The second-order valence-electron chi connectivity index (χ2n) is 4.12. The lowest BCUT2D eigenvalue weighted by Gasteiger charge is -2.16. The summed E-state index contributed by atoms with van der Waals surface area (Å²) in [5.74, 6) is -1.08. The lowest BCUT2D eigenvalue weighted by molar-refractivity contribution is -0.138. The van der Waals surface area contributed by atoms with E-state index in [9.17, 15) is 9.59 Å². The van der Waals surface area contributed by atoms with Gasteiger partial charge in [-0.25, -0.2) is 0 Å². The van der Waals surface area contributed by atoms with Crippen LogP contribution < -0.4 is 5.73 Å². The summed E-state index contributed by atoms with van der Waals surface area (Å²) in [5, 5.41) is 8.67. The fourth-order valence-electron chi connectivity index (χ4n) is 1.91. The third-order valence-corrected chi connectivity index (χ3v) is 2.92. The average Bonchev–Trinajstić information content (AvgIpc) is 2.64. The molecule has 5 heteroatoms. The molecular weight excluding hydrogens is 220 g/mol. The monoisotopic (exact) mass is 234 g/mol. The summed E-state index contributed by atoms with van der Waals surface area (Å²) in [5.41, 5.74) is 7.10. The van der Waals surface area contributed by atoms with Gasteiger partial charge in [0.15, 0.2) is 0 Å². The number of carboxylic acids is 1. The predicted molar refractivity (Wildman–Crippen MR) is 61.4 cm³/mol. The van der Waals surface area contributed by atoms with E-state index < -0.39 is 12.0 Å². The smallest absolute Gasteiger partial charge is 0.320 e. The maximum absolute atomic E-state index is 11.9. The summed E-state index contributed by atoms with van der Waals surface area (Å²) in [6, 6.07) is 6.49. The normalized spacial score (nSPS) is 15.8. The Kier molecular flexibility index (Phi) is 3.10. The highest BCUT2D eigenvalue weighted by Gasteiger charge is 2.27. The molecule has 0 radical (unpaired) electrons. The van der Waals surface area contributed by atoms with Crippen molar-refractivity contribution in [2.45, 2.75) is 19.0 Å². The van der Waals surface area contributed by atoms with Crippen LogP contribution in [0.25, 0.3) is 0 Å². The number of carbonyl (C=O) groups is 2. The van der Waals surface area contributed by atoms with Gasteiger partial charge in [-0.2, -0.15) is 0 Å². The summed E-state index contributed by atoms with van der Waals surface area (Å²) < 4.78 is 0. The van der Waals surface area contributed by atoms with Crippen molar-refractivity contribution in [3.63, 3.8) is 0 Å². The largest absolute Gasteiger partial charge is 0.480 e. The molecule has 3 N–H and O–H groups in total. The Labute approximate surface area is 98.8 Å². The first-order valence-electron chi connectivity index (χ1n) is 5.45. The van der Waals surface area contributed by atoms with E-state index in [1.807, 2.05) is 18.2 Å². The molecule has 0 saturated heterocycles. The maximum atomic E-state index is 11.9. The molecule has 17 heavy (non-hydrogen) atoms. The minimum atomic E-state index is -1.03. The van der Waals surface area contributed by atoms with E-state index >= 15 is 0 Å². The number of nitrogens with two attached hydrogens (primary N) is 1. The van der Waals surface area contributed by atoms with Crippen LogP contribution in [0.4, 0.5) is 0 Å². The van der Waals surface area contributed by atoms with Crippen molar-refractivity contribution >= 4 is 11.9 Å². The lowest BCUT2D eigenvalue weighted by atomic mass is 10.1. The summed E-state index contributed by atoms with van der Waals surface area (Å²) in [6.45, 7) is 0.919. The lowest BCUT2D eigenvalue weighted by Crippen LogP contribution is -2.35. The molecule has 2 rings (SSSR count). The van der Waals surface area contributed by atoms with E-state index in [-0.39, 0.29) is 12.3 Å². The second kappa shape index (κ2) is 4.55. The molecule has 1 aliphatic heterocycles. The standard InChI is InChI=1S/C12H14N2O3/c13-10(12(16)17)5-6-14-7-8-3-1-2-4-9(8)11(14)15/h1-4,10H,5-7,13H2,(H,16,17). The maximum Gasteiger partial charge on any atom is 0.320 e. The zero-order chi connectivity index (χ0) is 12.4. The van der Waals surface area contributed by atoms with Crippen molar-refractivity contribution in [2.24, 2.45) is 5.73 Å². The van der Waals surface area contributed by atoms with Crippen LogP contribution in [0.2, 0.25) is 0 Å². The molecule has 1 amide bonds. The van der Waals surface area contributed by atoms with E-state index in [4.69, 9.17) is 10.8 Å². The van der Waals surface area contributed by atoms with Gasteiger partial charge in [-0.05, 0) is 18.1 Å². The molecule has 0 aromatic heterocycles. The highest BCUT2D eigenvalue weighted by molar-refractivity contribution is 5.98. The summed E-state index contributed by atoms with van der Waals surface area (Å²) in [6.07, 6.45) is 0.273. The fourth-order valence-corrected chi connectivity index (χ4v) is 1.91. The first-order valence-corrected chi connectivity index (χ1v) is 5.45. The molecule has 0 saturated carbocycles. The molecule has 0 aliphatic carbocycles. The van der Waals surface area contributed by atoms with Crippen molar-refractivity contribution in [1.29, 1.82) is 0 Å². The number of nitrogens with zero attached hydrogens (tertiary/aromatic N) is 1. The van der Waals surface area contributed by atoms with Gasteiger partial charge in [0.25, 0.3) is 5.91 Å². The molecule has 0 spiro atoms. The Balaban J connectivity index is 1.99. The Morgan fingerprint density at radius 2 is 2.18 bits per heavy atom. The number of amides is 1. The molecule has 0 bridgehead atoms. The third-order valence-electron chi connectivity index (χ3n) is 2.92. The Bertz CT molecular complexity index is 459. The number of fused-ring (bicyclic) bond motifs is 1. The van der Waals surface area contributed by atoms with Gasteiger partial charge in [0.05, 0.1) is 0 Å².